The summed E-state index contributed by atoms with van der Waals surface area (Å²) in [5.41, 5.74) is -0.578. The summed E-state index contributed by atoms with van der Waals surface area (Å²) in [6, 6.07) is 0. The lowest BCUT2D eigenvalue weighted by molar-refractivity contribution is -0.151. The first kappa shape index (κ1) is 17.4. The Kier molecular flexibility index (Phi) is 8.15. The van der Waals surface area contributed by atoms with Crippen molar-refractivity contribution >= 4 is 5.97 Å². The molecular formula is C16H32N2O2. The standard InChI is InChI=1S/C16H32N2O2/c1-4-11-17-16(3,15(19)20-5-2)14-18-12-9-7-6-8-10-13-18/h17H,4-14H2,1-3H3. The van der Waals surface area contributed by atoms with Crippen LogP contribution in [-0.2, 0) is 9.53 Å². The summed E-state index contributed by atoms with van der Waals surface area (Å²) in [7, 11) is 0. The van der Waals surface area contributed by atoms with Crippen molar-refractivity contribution < 1.29 is 9.53 Å². The minimum Gasteiger partial charge on any atom is -0.465 e. The quantitative estimate of drug-likeness (QED) is 0.730. The van der Waals surface area contributed by atoms with Crippen LogP contribution in [0, 0.1) is 0 Å². The zero-order chi connectivity index (χ0) is 14.8. The molecule has 1 atom stereocenters. The Morgan fingerprint density at radius 3 is 2.30 bits per heavy atom. The molecule has 0 aromatic rings. The van der Waals surface area contributed by atoms with Gasteiger partial charge in [0.2, 0.25) is 0 Å². The molecule has 1 aliphatic heterocycles. The van der Waals surface area contributed by atoms with Crippen LogP contribution in [-0.4, -0.2) is 49.2 Å². The lowest BCUT2D eigenvalue weighted by atomic mass is 9.99. The first-order chi connectivity index (χ1) is 9.62. The van der Waals surface area contributed by atoms with E-state index in [4.69, 9.17) is 4.74 Å². The van der Waals surface area contributed by atoms with Crippen LogP contribution in [0.25, 0.3) is 0 Å². The SMILES string of the molecule is CCCNC(C)(CN1CCCCCCC1)C(=O)OCC. The van der Waals surface area contributed by atoms with Gasteiger partial charge in [0.1, 0.15) is 5.54 Å². The fraction of sp³-hybridized carbons (Fsp3) is 0.938. The summed E-state index contributed by atoms with van der Waals surface area (Å²) in [6.45, 7) is 10.2. The number of carbonyl (C=O) groups excluding carboxylic acids is 1. The second-order valence-corrected chi connectivity index (χ2v) is 6.02. The van der Waals surface area contributed by atoms with Gasteiger partial charge in [-0.1, -0.05) is 26.2 Å². The summed E-state index contributed by atoms with van der Waals surface area (Å²) in [5, 5.41) is 3.40. The third kappa shape index (κ3) is 5.80. The Labute approximate surface area is 124 Å². The second-order valence-electron chi connectivity index (χ2n) is 6.02. The van der Waals surface area contributed by atoms with E-state index in [2.05, 4.69) is 17.1 Å². The number of nitrogens with zero attached hydrogens (tertiary/aromatic N) is 1. The Morgan fingerprint density at radius 1 is 1.15 bits per heavy atom. The van der Waals surface area contributed by atoms with Gasteiger partial charge in [0.25, 0.3) is 0 Å². The van der Waals surface area contributed by atoms with Crippen molar-refractivity contribution in [2.45, 2.75) is 64.8 Å². The van der Waals surface area contributed by atoms with Gasteiger partial charge in [-0.3, -0.25) is 4.79 Å². The van der Waals surface area contributed by atoms with Crippen molar-refractivity contribution in [3.8, 4) is 0 Å². The monoisotopic (exact) mass is 284 g/mol. The van der Waals surface area contributed by atoms with Crippen molar-refractivity contribution in [1.82, 2.24) is 10.2 Å². The zero-order valence-electron chi connectivity index (χ0n) is 13.5. The molecule has 1 fully saturated rings. The van der Waals surface area contributed by atoms with Crippen LogP contribution in [0.4, 0.5) is 0 Å². The number of carbonyl (C=O) groups is 1. The average Bonchev–Trinajstić information content (AvgIpc) is 2.40. The molecule has 0 saturated carbocycles. The van der Waals surface area contributed by atoms with E-state index in [0.29, 0.717) is 6.61 Å². The summed E-state index contributed by atoms with van der Waals surface area (Å²) in [5.74, 6) is -0.115. The van der Waals surface area contributed by atoms with E-state index in [-0.39, 0.29) is 5.97 Å². The van der Waals surface area contributed by atoms with Gasteiger partial charge in [-0.15, -0.1) is 0 Å². The fourth-order valence-corrected chi connectivity index (χ4v) is 2.80. The van der Waals surface area contributed by atoms with E-state index in [0.717, 1.165) is 32.6 Å². The van der Waals surface area contributed by atoms with Gasteiger partial charge < -0.3 is 15.0 Å². The smallest absolute Gasteiger partial charge is 0.327 e. The molecule has 1 rings (SSSR count). The van der Waals surface area contributed by atoms with Crippen LogP contribution in [0.1, 0.15) is 59.3 Å². The molecule has 1 N–H and O–H groups in total. The van der Waals surface area contributed by atoms with Crippen LogP contribution in [0.2, 0.25) is 0 Å². The van der Waals surface area contributed by atoms with Crippen molar-refractivity contribution in [3.05, 3.63) is 0 Å². The molecule has 20 heavy (non-hydrogen) atoms. The van der Waals surface area contributed by atoms with Crippen LogP contribution in [0.3, 0.4) is 0 Å². The number of nitrogens with one attached hydrogen (secondary N) is 1. The summed E-state index contributed by atoms with van der Waals surface area (Å²) >= 11 is 0. The van der Waals surface area contributed by atoms with E-state index < -0.39 is 5.54 Å². The molecule has 0 spiro atoms. The topological polar surface area (TPSA) is 41.6 Å². The molecule has 0 bridgehead atoms. The van der Waals surface area contributed by atoms with Crippen molar-refractivity contribution in [2.75, 3.05) is 32.8 Å². The Hall–Kier alpha value is -0.610. The number of rotatable bonds is 7. The van der Waals surface area contributed by atoms with Gasteiger partial charge in [0.15, 0.2) is 0 Å². The van der Waals surface area contributed by atoms with Crippen LogP contribution >= 0.6 is 0 Å². The largest absolute Gasteiger partial charge is 0.465 e. The summed E-state index contributed by atoms with van der Waals surface area (Å²) in [6.07, 6.45) is 7.50. The predicted octanol–water partition coefficient (Wildman–Crippen LogP) is 2.57. The molecule has 1 aliphatic rings. The van der Waals surface area contributed by atoms with Gasteiger partial charge in [0.05, 0.1) is 6.61 Å². The molecule has 0 aromatic heterocycles. The van der Waals surface area contributed by atoms with E-state index >= 15 is 0 Å². The third-order valence-electron chi connectivity index (χ3n) is 3.98. The summed E-state index contributed by atoms with van der Waals surface area (Å²) < 4.78 is 5.27. The van der Waals surface area contributed by atoms with Gasteiger partial charge in [-0.25, -0.2) is 0 Å². The normalized spacial score (nSPS) is 20.8. The summed E-state index contributed by atoms with van der Waals surface area (Å²) in [4.78, 5) is 14.7. The van der Waals surface area contributed by atoms with Crippen molar-refractivity contribution in [2.24, 2.45) is 0 Å². The number of ether oxygens (including phenoxy) is 1. The zero-order valence-corrected chi connectivity index (χ0v) is 13.5. The van der Waals surface area contributed by atoms with Gasteiger partial charge in [0, 0.05) is 6.54 Å². The van der Waals surface area contributed by atoms with Gasteiger partial charge >= 0.3 is 5.97 Å². The highest BCUT2D eigenvalue weighted by atomic mass is 16.5. The second kappa shape index (κ2) is 9.35. The molecule has 0 radical (unpaired) electrons. The van der Waals surface area contributed by atoms with Crippen LogP contribution < -0.4 is 5.32 Å². The Bertz CT molecular complexity index is 276. The molecule has 0 aliphatic carbocycles. The molecular weight excluding hydrogens is 252 g/mol. The highest BCUT2D eigenvalue weighted by Gasteiger charge is 2.35. The maximum Gasteiger partial charge on any atom is 0.327 e. The third-order valence-corrected chi connectivity index (χ3v) is 3.98. The molecule has 4 heteroatoms. The van der Waals surface area contributed by atoms with Crippen LogP contribution in [0.5, 0.6) is 0 Å². The molecule has 1 heterocycles. The fourth-order valence-electron chi connectivity index (χ4n) is 2.80. The molecule has 118 valence electrons. The lowest BCUT2D eigenvalue weighted by Crippen LogP contribution is -2.58. The molecule has 1 saturated heterocycles. The Balaban J connectivity index is 2.63. The first-order valence-corrected chi connectivity index (χ1v) is 8.27. The van der Waals surface area contributed by atoms with Gasteiger partial charge in [-0.2, -0.15) is 0 Å². The van der Waals surface area contributed by atoms with E-state index in [1.54, 1.807) is 0 Å². The van der Waals surface area contributed by atoms with Crippen molar-refractivity contribution in [1.29, 1.82) is 0 Å². The van der Waals surface area contributed by atoms with E-state index in [1.807, 2.05) is 13.8 Å². The minimum atomic E-state index is -0.578. The lowest BCUT2D eigenvalue weighted by Gasteiger charge is -2.35. The van der Waals surface area contributed by atoms with Crippen LogP contribution in [0.15, 0.2) is 0 Å². The molecule has 1 unspecified atom stereocenters. The highest BCUT2D eigenvalue weighted by Crippen LogP contribution is 2.15. The van der Waals surface area contributed by atoms with Crippen molar-refractivity contribution in [3.63, 3.8) is 0 Å². The Morgan fingerprint density at radius 2 is 1.75 bits per heavy atom. The maximum atomic E-state index is 12.3. The molecule has 0 aromatic carbocycles. The van der Waals surface area contributed by atoms with E-state index in [1.165, 1.54) is 32.1 Å². The first-order valence-electron chi connectivity index (χ1n) is 8.27. The molecule has 0 amide bonds. The maximum absolute atomic E-state index is 12.3. The molecule has 4 nitrogen and oxygen atoms in total. The average molecular weight is 284 g/mol. The number of hydrogen-bond donors (Lipinski definition) is 1. The number of esters is 1. The van der Waals surface area contributed by atoms with Gasteiger partial charge in [-0.05, 0) is 52.7 Å². The highest BCUT2D eigenvalue weighted by molar-refractivity contribution is 5.80. The predicted molar refractivity (Wildman–Crippen MR) is 82.9 cm³/mol. The van der Waals surface area contributed by atoms with E-state index in [9.17, 15) is 4.79 Å². The number of hydrogen-bond acceptors (Lipinski definition) is 4. The number of likely N-dealkylation sites (tertiary alicyclic amines) is 1. The minimum absolute atomic E-state index is 0.115.